The fourth-order valence-electron chi connectivity index (χ4n) is 1.91. The van der Waals surface area contributed by atoms with Crippen LogP contribution in [0.15, 0.2) is 24.3 Å². The molecule has 1 unspecified atom stereocenters. The van der Waals surface area contributed by atoms with Crippen molar-refractivity contribution in [2.24, 2.45) is 0 Å². The fourth-order valence-corrected chi connectivity index (χ4v) is 1.91. The molecule has 1 rings (SSSR count). The average molecular weight is 294 g/mol. The van der Waals surface area contributed by atoms with Crippen LogP contribution in [0.5, 0.6) is 0 Å². The molecule has 1 aromatic rings. The highest BCUT2D eigenvalue weighted by Crippen LogP contribution is 2.09. The monoisotopic (exact) mass is 294 g/mol. The summed E-state index contributed by atoms with van der Waals surface area (Å²) in [6, 6.07) is 5.91. The third-order valence-corrected chi connectivity index (χ3v) is 3.07. The Morgan fingerprint density at radius 1 is 1.19 bits per heavy atom. The number of hydrogen-bond acceptors (Lipinski definition) is 3. The lowest BCUT2D eigenvalue weighted by Gasteiger charge is -2.23. The first-order chi connectivity index (χ1) is 9.84. The number of urea groups is 1. The highest BCUT2D eigenvalue weighted by molar-refractivity contribution is 5.87. The number of carboxylic acids is 1. The Kier molecular flexibility index (Phi) is 6.17. The molecule has 0 bridgehead atoms. The van der Waals surface area contributed by atoms with E-state index in [0.29, 0.717) is 13.0 Å². The molecule has 0 aliphatic rings. The number of carbonyl (C=O) groups is 2. The molecule has 0 spiro atoms. The van der Waals surface area contributed by atoms with Crippen LogP contribution in [0.2, 0.25) is 0 Å². The zero-order chi connectivity index (χ0) is 15.9. The van der Waals surface area contributed by atoms with Gasteiger partial charge in [0.25, 0.3) is 0 Å². The molecule has 0 aliphatic carbocycles. The van der Waals surface area contributed by atoms with Crippen LogP contribution >= 0.6 is 0 Å². The maximum atomic E-state index is 11.6. The Bertz CT molecular complexity index is 483. The van der Waals surface area contributed by atoms with Crippen molar-refractivity contribution >= 4 is 12.0 Å². The number of hydrogen-bond donors (Lipinski definition) is 4. The topological polar surface area (TPSA) is 98.7 Å². The van der Waals surface area contributed by atoms with Crippen LogP contribution in [0.25, 0.3) is 0 Å². The normalized spacial score (nSPS) is 13.3. The summed E-state index contributed by atoms with van der Waals surface area (Å²) >= 11 is 0. The predicted molar refractivity (Wildman–Crippen MR) is 79.2 cm³/mol. The van der Waals surface area contributed by atoms with Gasteiger partial charge in [-0.2, -0.15) is 0 Å². The standard InChI is InChI=1S/C15H22N2O4/c1-3-8-15(2,21)10-17-14(20)16-9-11-4-6-12(7-5-11)13(18)19/h4-7,21H,3,8-10H2,1-2H3,(H,18,19)(H2,16,17,20). The van der Waals surface area contributed by atoms with Crippen molar-refractivity contribution < 1.29 is 19.8 Å². The van der Waals surface area contributed by atoms with E-state index in [2.05, 4.69) is 10.6 Å². The van der Waals surface area contributed by atoms with E-state index in [-0.39, 0.29) is 18.1 Å². The second kappa shape index (κ2) is 7.64. The van der Waals surface area contributed by atoms with Crippen molar-refractivity contribution in [3.05, 3.63) is 35.4 Å². The van der Waals surface area contributed by atoms with Gasteiger partial charge in [-0.25, -0.2) is 9.59 Å². The molecule has 0 heterocycles. The lowest BCUT2D eigenvalue weighted by atomic mass is 10.0. The van der Waals surface area contributed by atoms with Crippen LogP contribution in [-0.2, 0) is 6.54 Å². The van der Waals surface area contributed by atoms with Gasteiger partial charge in [0.05, 0.1) is 11.2 Å². The third kappa shape index (κ3) is 6.27. The van der Waals surface area contributed by atoms with Gasteiger partial charge >= 0.3 is 12.0 Å². The molecule has 0 radical (unpaired) electrons. The van der Waals surface area contributed by atoms with Gasteiger partial charge in [0, 0.05) is 13.1 Å². The molecule has 1 aromatic carbocycles. The number of aliphatic hydroxyl groups is 1. The number of amides is 2. The highest BCUT2D eigenvalue weighted by atomic mass is 16.4. The van der Waals surface area contributed by atoms with Crippen molar-refractivity contribution in [2.45, 2.75) is 38.8 Å². The van der Waals surface area contributed by atoms with Crippen molar-refractivity contribution in [1.29, 1.82) is 0 Å². The van der Waals surface area contributed by atoms with Crippen LogP contribution in [-0.4, -0.2) is 34.4 Å². The molecule has 2 amide bonds. The van der Waals surface area contributed by atoms with Gasteiger partial charge < -0.3 is 20.8 Å². The maximum absolute atomic E-state index is 11.6. The Hall–Kier alpha value is -2.08. The second-order valence-electron chi connectivity index (χ2n) is 5.29. The van der Waals surface area contributed by atoms with Crippen LogP contribution < -0.4 is 10.6 Å². The quantitative estimate of drug-likeness (QED) is 0.615. The van der Waals surface area contributed by atoms with Gasteiger partial charge in [-0.15, -0.1) is 0 Å². The van der Waals surface area contributed by atoms with E-state index >= 15 is 0 Å². The molecule has 116 valence electrons. The van der Waals surface area contributed by atoms with Gasteiger partial charge in [0.1, 0.15) is 0 Å². The zero-order valence-electron chi connectivity index (χ0n) is 12.3. The predicted octanol–water partition coefficient (Wildman–Crippen LogP) is 1.74. The minimum absolute atomic E-state index is 0.185. The van der Waals surface area contributed by atoms with Crippen LogP contribution in [0, 0.1) is 0 Å². The van der Waals surface area contributed by atoms with Crippen molar-refractivity contribution in [2.75, 3.05) is 6.54 Å². The van der Waals surface area contributed by atoms with E-state index < -0.39 is 11.6 Å². The summed E-state index contributed by atoms with van der Waals surface area (Å²) in [5, 5.41) is 24.0. The van der Waals surface area contributed by atoms with E-state index in [1.165, 1.54) is 12.1 Å². The molecule has 0 saturated carbocycles. The molecule has 1 atom stereocenters. The van der Waals surface area contributed by atoms with E-state index in [4.69, 9.17) is 5.11 Å². The summed E-state index contributed by atoms with van der Waals surface area (Å²) in [6.45, 7) is 4.13. The Labute approximate surface area is 124 Å². The lowest BCUT2D eigenvalue weighted by Crippen LogP contribution is -2.44. The Balaban J connectivity index is 2.37. The van der Waals surface area contributed by atoms with Crippen molar-refractivity contribution in [3.8, 4) is 0 Å². The summed E-state index contributed by atoms with van der Waals surface area (Å²) in [5.41, 5.74) is 0.101. The van der Waals surface area contributed by atoms with E-state index in [1.54, 1.807) is 19.1 Å². The number of carbonyl (C=O) groups excluding carboxylic acids is 1. The number of aromatic carboxylic acids is 1. The Morgan fingerprint density at radius 3 is 2.33 bits per heavy atom. The Morgan fingerprint density at radius 2 is 1.81 bits per heavy atom. The van der Waals surface area contributed by atoms with Gasteiger partial charge in [-0.1, -0.05) is 25.5 Å². The largest absolute Gasteiger partial charge is 0.478 e. The van der Waals surface area contributed by atoms with E-state index in [1.807, 2.05) is 6.92 Å². The van der Waals surface area contributed by atoms with Crippen LogP contribution in [0.1, 0.15) is 42.6 Å². The van der Waals surface area contributed by atoms with Gasteiger partial charge in [-0.3, -0.25) is 0 Å². The molecule has 6 heteroatoms. The molecule has 0 saturated heterocycles. The number of rotatable bonds is 7. The summed E-state index contributed by atoms with van der Waals surface area (Å²) in [5.74, 6) is -0.981. The first-order valence-corrected chi connectivity index (χ1v) is 6.90. The van der Waals surface area contributed by atoms with Crippen molar-refractivity contribution in [1.82, 2.24) is 10.6 Å². The fraction of sp³-hybridized carbons (Fsp3) is 0.467. The van der Waals surface area contributed by atoms with Gasteiger partial charge in [0.15, 0.2) is 0 Å². The minimum Gasteiger partial charge on any atom is -0.478 e. The van der Waals surface area contributed by atoms with Crippen molar-refractivity contribution in [3.63, 3.8) is 0 Å². The third-order valence-electron chi connectivity index (χ3n) is 3.07. The maximum Gasteiger partial charge on any atom is 0.335 e. The molecule has 0 fully saturated rings. The number of benzene rings is 1. The molecular weight excluding hydrogens is 272 g/mol. The highest BCUT2D eigenvalue weighted by Gasteiger charge is 2.19. The molecule has 6 nitrogen and oxygen atoms in total. The van der Waals surface area contributed by atoms with E-state index in [0.717, 1.165) is 12.0 Å². The zero-order valence-corrected chi connectivity index (χ0v) is 12.3. The first-order valence-electron chi connectivity index (χ1n) is 6.90. The summed E-state index contributed by atoms with van der Waals surface area (Å²) in [6.07, 6.45) is 1.45. The molecule has 4 N–H and O–H groups in total. The SMILES string of the molecule is CCCC(C)(O)CNC(=O)NCc1ccc(C(=O)O)cc1. The smallest absolute Gasteiger partial charge is 0.335 e. The summed E-state index contributed by atoms with van der Waals surface area (Å²) < 4.78 is 0. The van der Waals surface area contributed by atoms with Gasteiger partial charge in [0.2, 0.25) is 0 Å². The molecular formula is C15H22N2O4. The second-order valence-corrected chi connectivity index (χ2v) is 5.29. The summed E-state index contributed by atoms with van der Waals surface area (Å²) in [4.78, 5) is 22.3. The average Bonchev–Trinajstić information content (AvgIpc) is 2.43. The molecule has 0 aliphatic heterocycles. The van der Waals surface area contributed by atoms with E-state index in [9.17, 15) is 14.7 Å². The summed E-state index contributed by atoms with van der Waals surface area (Å²) in [7, 11) is 0. The van der Waals surface area contributed by atoms with Crippen LogP contribution in [0.3, 0.4) is 0 Å². The lowest BCUT2D eigenvalue weighted by molar-refractivity contribution is 0.0523. The minimum atomic E-state index is -0.981. The van der Waals surface area contributed by atoms with Crippen LogP contribution in [0.4, 0.5) is 4.79 Å². The molecule has 0 aromatic heterocycles. The van der Waals surface area contributed by atoms with Gasteiger partial charge in [-0.05, 0) is 31.0 Å². The first kappa shape index (κ1) is 17.0. The number of carboxylic acid groups (broad SMARTS) is 1. The molecule has 21 heavy (non-hydrogen) atoms. The number of nitrogens with one attached hydrogen (secondary N) is 2.